The number of nitrogens with zero attached hydrogens (tertiary/aromatic N) is 2. The first-order chi connectivity index (χ1) is 9.97. The van der Waals surface area contributed by atoms with E-state index in [0.717, 1.165) is 4.88 Å². The fourth-order valence-corrected chi connectivity index (χ4v) is 3.92. The van der Waals surface area contributed by atoms with E-state index in [1.54, 1.807) is 18.3 Å². The minimum absolute atomic E-state index is 0.155. The van der Waals surface area contributed by atoms with Gasteiger partial charge < -0.3 is 5.32 Å². The standard InChI is InChI=1S/C13H18N4O2S2/c1-10(2)15-8-12-3-4-13(20-12)21(18,19)17-7-11-5-6-14-9-16-11/h3-6,9-10,15,17H,7-8H2,1-2H3. The second kappa shape index (κ2) is 7.08. The molecule has 0 radical (unpaired) electrons. The third-order valence-electron chi connectivity index (χ3n) is 2.67. The van der Waals surface area contributed by atoms with E-state index >= 15 is 0 Å². The average Bonchev–Trinajstić information content (AvgIpc) is 2.94. The molecule has 2 heterocycles. The monoisotopic (exact) mass is 326 g/mol. The molecule has 0 unspecified atom stereocenters. The zero-order chi connectivity index (χ0) is 15.3. The van der Waals surface area contributed by atoms with Gasteiger partial charge in [0.05, 0.1) is 12.2 Å². The van der Waals surface area contributed by atoms with Crippen molar-refractivity contribution in [1.82, 2.24) is 20.0 Å². The third kappa shape index (κ3) is 4.85. The van der Waals surface area contributed by atoms with Crippen LogP contribution >= 0.6 is 11.3 Å². The van der Waals surface area contributed by atoms with Crippen molar-refractivity contribution in [3.63, 3.8) is 0 Å². The van der Waals surface area contributed by atoms with Crippen molar-refractivity contribution in [2.45, 2.75) is 37.2 Å². The Kier molecular flexibility index (Phi) is 5.40. The van der Waals surface area contributed by atoms with E-state index < -0.39 is 10.0 Å². The Bertz CT molecular complexity index is 668. The Morgan fingerprint density at radius 3 is 2.71 bits per heavy atom. The van der Waals surface area contributed by atoms with Crippen LogP contribution in [0.3, 0.4) is 0 Å². The lowest BCUT2D eigenvalue weighted by molar-refractivity contribution is 0.582. The van der Waals surface area contributed by atoms with Crippen LogP contribution in [-0.2, 0) is 23.1 Å². The fraction of sp³-hybridized carbons (Fsp3) is 0.385. The number of aromatic nitrogens is 2. The number of hydrogen-bond donors (Lipinski definition) is 2. The van der Waals surface area contributed by atoms with E-state index in [1.807, 2.05) is 6.07 Å². The van der Waals surface area contributed by atoms with Gasteiger partial charge in [-0.3, -0.25) is 0 Å². The van der Waals surface area contributed by atoms with Crippen molar-refractivity contribution in [1.29, 1.82) is 0 Å². The summed E-state index contributed by atoms with van der Waals surface area (Å²) in [5.74, 6) is 0. The molecule has 2 aromatic rings. The van der Waals surface area contributed by atoms with E-state index in [1.165, 1.54) is 17.7 Å². The average molecular weight is 326 g/mol. The van der Waals surface area contributed by atoms with Crippen molar-refractivity contribution >= 4 is 21.4 Å². The first-order valence-electron chi connectivity index (χ1n) is 6.54. The molecule has 21 heavy (non-hydrogen) atoms. The molecule has 6 nitrogen and oxygen atoms in total. The van der Waals surface area contributed by atoms with Crippen molar-refractivity contribution in [3.8, 4) is 0 Å². The summed E-state index contributed by atoms with van der Waals surface area (Å²) in [5.41, 5.74) is 0.631. The molecule has 0 atom stereocenters. The molecule has 0 aliphatic heterocycles. The van der Waals surface area contributed by atoms with Gasteiger partial charge in [0.1, 0.15) is 10.5 Å². The molecule has 8 heteroatoms. The van der Waals surface area contributed by atoms with Crippen LogP contribution in [0.4, 0.5) is 0 Å². The number of hydrogen-bond acceptors (Lipinski definition) is 6. The summed E-state index contributed by atoms with van der Waals surface area (Å²) in [6, 6.07) is 5.50. The van der Waals surface area contributed by atoms with Gasteiger partial charge in [-0.05, 0) is 18.2 Å². The van der Waals surface area contributed by atoms with Crippen LogP contribution in [0, 0.1) is 0 Å². The topological polar surface area (TPSA) is 84.0 Å². The third-order valence-corrected chi connectivity index (χ3v) is 5.65. The molecular weight excluding hydrogens is 308 g/mol. The minimum atomic E-state index is -3.50. The molecule has 2 N–H and O–H groups in total. The van der Waals surface area contributed by atoms with Gasteiger partial charge >= 0.3 is 0 Å². The predicted molar refractivity (Wildman–Crippen MR) is 82.4 cm³/mol. The Balaban J connectivity index is 1.99. The van der Waals surface area contributed by atoms with Crippen LogP contribution in [-0.4, -0.2) is 24.4 Å². The molecule has 0 saturated heterocycles. The van der Waals surface area contributed by atoms with Gasteiger partial charge in [-0.1, -0.05) is 13.8 Å². The van der Waals surface area contributed by atoms with Gasteiger partial charge in [-0.15, -0.1) is 11.3 Å². The second-order valence-electron chi connectivity index (χ2n) is 4.78. The summed E-state index contributed by atoms with van der Waals surface area (Å²) in [4.78, 5) is 8.77. The lowest BCUT2D eigenvalue weighted by Crippen LogP contribution is -2.23. The van der Waals surface area contributed by atoms with Crippen molar-refractivity contribution in [2.75, 3.05) is 0 Å². The molecule has 0 aliphatic carbocycles. The number of thiophene rings is 1. The molecule has 2 rings (SSSR count). The van der Waals surface area contributed by atoms with Crippen LogP contribution in [0.5, 0.6) is 0 Å². The fourth-order valence-electron chi connectivity index (χ4n) is 1.57. The summed E-state index contributed by atoms with van der Waals surface area (Å²) >= 11 is 1.27. The highest BCUT2D eigenvalue weighted by atomic mass is 32.2. The van der Waals surface area contributed by atoms with Crippen LogP contribution in [0.2, 0.25) is 0 Å². The van der Waals surface area contributed by atoms with Gasteiger partial charge in [0.25, 0.3) is 0 Å². The van der Waals surface area contributed by atoms with Crippen LogP contribution in [0.1, 0.15) is 24.4 Å². The van der Waals surface area contributed by atoms with E-state index in [2.05, 4.69) is 33.9 Å². The Morgan fingerprint density at radius 2 is 2.05 bits per heavy atom. The Morgan fingerprint density at radius 1 is 1.24 bits per heavy atom. The van der Waals surface area contributed by atoms with Crippen LogP contribution < -0.4 is 10.0 Å². The zero-order valence-corrected chi connectivity index (χ0v) is 13.5. The van der Waals surface area contributed by atoms with Crippen molar-refractivity contribution < 1.29 is 8.42 Å². The molecule has 0 bridgehead atoms. The maximum absolute atomic E-state index is 12.2. The first kappa shape index (κ1) is 16.0. The molecular formula is C13H18N4O2S2. The highest BCUT2D eigenvalue weighted by molar-refractivity contribution is 7.91. The maximum atomic E-state index is 12.2. The number of nitrogens with one attached hydrogen (secondary N) is 2. The first-order valence-corrected chi connectivity index (χ1v) is 8.84. The molecule has 2 aromatic heterocycles. The molecule has 0 saturated carbocycles. The van der Waals surface area contributed by atoms with Gasteiger partial charge in [0, 0.05) is 23.7 Å². The second-order valence-corrected chi connectivity index (χ2v) is 7.94. The largest absolute Gasteiger partial charge is 0.310 e. The normalized spacial score (nSPS) is 12.0. The summed E-state index contributed by atoms with van der Waals surface area (Å²) in [7, 11) is -3.50. The molecule has 0 aromatic carbocycles. The SMILES string of the molecule is CC(C)NCc1ccc(S(=O)(=O)NCc2ccncn2)s1. The summed E-state index contributed by atoms with van der Waals surface area (Å²) in [6.07, 6.45) is 2.97. The lowest BCUT2D eigenvalue weighted by atomic mass is 10.4. The van der Waals surface area contributed by atoms with Gasteiger partial charge in [0.15, 0.2) is 0 Å². The molecule has 114 valence electrons. The number of rotatable bonds is 7. The highest BCUT2D eigenvalue weighted by Gasteiger charge is 2.16. The molecule has 0 amide bonds. The summed E-state index contributed by atoms with van der Waals surface area (Å²) < 4.78 is 27.2. The van der Waals surface area contributed by atoms with E-state index in [-0.39, 0.29) is 6.54 Å². The molecule has 0 aliphatic rings. The predicted octanol–water partition coefficient (Wildman–Crippen LogP) is 1.51. The highest BCUT2D eigenvalue weighted by Crippen LogP contribution is 2.21. The maximum Gasteiger partial charge on any atom is 0.250 e. The Labute approximate surface area is 128 Å². The summed E-state index contributed by atoms with van der Waals surface area (Å²) in [5, 5.41) is 3.26. The number of sulfonamides is 1. The Hall–Kier alpha value is -1.35. The van der Waals surface area contributed by atoms with Crippen LogP contribution in [0.25, 0.3) is 0 Å². The zero-order valence-electron chi connectivity index (χ0n) is 11.9. The molecule has 0 fully saturated rings. The smallest absolute Gasteiger partial charge is 0.250 e. The van der Waals surface area contributed by atoms with Gasteiger partial charge in [-0.2, -0.15) is 0 Å². The van der Waals surface area contributed by atoms with E-state index in [9.17, 15) is 8.42 Å². The quantitative estimate of drug-likeness (QED) is 0.806. The van der Waals surface area contributed by atoms with Crippen molar-refractivity contribution in [2.24, 2.45) is 0 Å². The van der Waals surface area contributed by atoms with Crippen LogP contribution in [0.15, 0.2) is 34.9 Å². The van der Waals surface area contributed by atoms with Crippen molar-refractivity contribution in [3.05, 3.63) is 41.3 Å². The minimum Gasteiger partial charge on any atom is -0.310 e. The molecule has 0 spiro atoms. The van der Waals surface area contributed by atoms with Gasteiger partial charge in [0.2, 0.25) is 10.0 Å². The summed E-state index contributed by atoms with van der Waals surface area (Å²) in [6.45, 7) is 4.93. The van der Waals surface area contributed by atoms with E-state index in [0.29, 0.717) is 22.5 Å². The lowest BCUT2D eigenvalue weighted by Gasteiger charge is -2.05. The van der Waals surface area contributed by atoms with E-state index in [4.69, 9.17) is 0 Å². The van der Waals surface area contributed by atoms with Gasteiger partial charge in [-0.25, -0.2) is 23.1 Å².